The number of thioether (sulfide) groups is 2. The third kappa shape index (κ3) is 33.7. The van der Waals surface area contributed by atoms with E-state index in [9.17, 15) is 59.1 Å². The van der Waals surface area contributed by atoms with Crippen molar-refractivity contribution in [3.05, 3.63) is 319 Å². The fourth-order valence-corrected chi connectivity index (χ4v) is 13.4. The van der Waals surface area contributed by atoms with Gasteiger partial charge < -0.3 is 62.5 Å². The first-order valence-corrected chi connectivity index (χ1v) is 38.1. The van der Waals surface area contributed by atoms with Crippen molar-refractivity contribution in [2.75, 3.05) is 60.6 Å². The minimum absolute atomic E-state index is 0.00844. The van der Waals surface area contributed by atoms with Crippen molar-refractivity contribution in [3.8, 4) is 0 Å². The summed E-state index contributed by atoms with van der Waals surface area (Å²) in [7, 11) is 10.5. The van der Waals surface area contributed by atoms with Crippen LogP contribution in [0.2, 0.25) is 20.1 Å². The Morgan fingerprint density at radius 3 is 1.23 bits per heavy atom. The van der Waals surface area contributed by atoms with Crippen LogP contribution in [0, 0.1) is 30.3 Å². The first kappa shape index (κ1) is 96.6. The third-order valence-corrected chi connectivity index (χ3v) is 20.0. The number of rotatable bonds is 27. The molecular formula is C82H90Cl4N10O17S2. The lowest BCUT2D eigenvalue weighted by Gasteiger charge is -2.34. The van der Waals surface area contributed by atoms with Gasteiger partial charge in [-0.2, -0.15) is 0 Å². The summed E-state index contributed by atoms with van der Waals surface area (Å²) >= 11 is 27.8. The van der Waals surface area contributed by atoms with Crippen LogP contribution in [0.15, 0.2) is 234 Å². The summed E-state index contributed by atoms with van der Waals surface area (Å²) in [6, 6.07) is 59.7. The zero-order valence-electron chi connectivity index (χ0n) is 63.7. The number of benzene rings is 9. The highest BCUT2D eigenvalue weighted by atomic mass is 35.5. The summed E-state index contributed by atoms with van der Waals surface area (Å²) in [5.74, 6) is -2.47. The number of nitrogens with two attached hydrogens (primary N) is 3. The normalized spacial score (nSPS) is 13.3. The Hall–Kier alpha value is -10.8. The number of esters is 4. The number of non-ortho nitro benzene ring substituents is 3. The molecule has 27 nitrogen and oxygen atoms in total. The van der Waals surface area contributed by atoms with Gasteiger partial charge in [-0.05, 0) is 165 Å². The van der Waals surface area contributed by atoms with Gasteiger partial charge in [-0.1, -0.05) is 174 Å². The van der Waals surface area contributed by atoms with Gasteiger partial charge in [0.15, 0.2) is 6.29 Å². The van der Waals surface area contributed by atoms with Crippen LogP contribution in [0.1, 0.15) is 67.0 Å². The maximum atomic E-state index is 12.1. The average molecular weight is 1690 g/mol. The number of ether oxygens (including phenoxy) is 4. The molecular weight excluding hydrogens is 1600 g/mol. The van der Waals surface area contributed by atoms with E-state index < -0.39 is 44.8 Å². The molecule has 1 heterocycles. The third-order valence-electron chi connectivity index (χ3n) is 16.7. The number of halogens is 4. The molecule has 610 valence electrons. The number of nitro benzene ring substituents is 3. The highest BCUT2D eigenvalue weighted by Crippen LogP contribution is 2.50. The number of carboxylic acid groups (broad SMARTS) is 1. The van der Waals surface area contributed by atoms with Gasteiger partial charge in [0.2, 0.25) is 0 Å². The Kier molecular flexibility index (Phi) is 43.5. The van der Waals surface area contributed by atoms with Crippen LogP contribution >= 0.6 is 69.9 Å². The van der Waals surface area contributed by atoms with Crippen molar-refractivity contribution in [1.82, 2.24) is 16.0 Å². The lowest BCUT2D eigenvalue weighted by atomic mass is 9.91. The Labute approximate surface area is 694 Å². The van der Waals surface area contributed by atoms with Crippen LogP contribution in [0.4, 0.5) is 28.4 Å². The number of carboxylic acids is 1. The molecule has 0 aliphatic carbocycles. The minimum Gasteiger partial charge on any atom is -0.480 e. The molecule has 9 aromatic rings. The molecule has 0 saturated heterocycles. The molecule has 0 saturated carbocycles. The smallest absolute Gasteiger partial charge is 0.323 e. The molecule has 1 aliphatic rings. The first-order valence-electron chi connectivity index (χ1n) is 34.9. The Morgan fingerprint density at radius 2 is 0.870 bits per heavy atom. The van der Waals surface area contributed by atoms with Crippen LogP contribution in [-0.2, 0) is 75.0 Å². The van der Waals surface area contributed by atoms with Crippen LogP contribution in [0.5, 0.6) is 0 Å². The molecule has 7 atom stereocenters. The second kappa shape index (κ2) is 51.8. The van der Waals surface area contributed by atoms with E-state index in [0.29, 0.717) is 63.2 Å². The molecule has 11 N–H and O–H groups in total. The van der Waals surface area contributed by atoms with Crippen molar-refractivity contribution in [1.29, 1.82) is 0 Å². The van der Waals surface area contributed by atoms with E-state index >= 15 is 0 Å². The Morgan fingerprint density at radius 1 is 0.513 bits per heavy atom. The summed E-state index contributed by atoms with van der Waals surface area (Å²) in [5.41, 5.74) is 25.1. The number of aliphatic carboxylic acids is 1. The van der Waals surface area contributed by atoms with Gasteiger partial charge in [-0.15, -0.1) is 11.8 Å². The van der Waals surface area contributed by atoms with Crippen LogP contribution in [-0.4, -0.2) is 136 Å². The average Bonchev–Trinajstić information content (AvgIpc) is 0.774. The lowest BCUT2D eigenvalue weighted by molar-refractivity contribution is -0.385. The second-order valence-electron chi connectivity index (χ2n) is 24.5. The van der Waals surface area contributed by atoms with Gasteiger partial charge in [-0.3, -0.25) is 59.1 Å². The molecule has 0 amide bonds. The monoisotopic (exact) mass is 1690 g/mol. The van der Waals surface area contributed by atoms with Gasteiger partial charge in [0.1, 0.15) is 30.2 Å². The van der Waals surface area contributed by atoms with Gasteiger partial charge in [0.05, 0.1) is 64.9 Å². The number of carbonyl (C=O) groups excluding carboxylic acids is 5. The predicted octanol–water partition coefficient (Wildman–Crippen LogP) is 15.1. The summed E-state index contributed by atoms with van der Waals surface area (Å²) in [4.78, 5) is 98.7. The van der Waals surface area contributed by atoms with E-state index in [1.165, 1.54) is 92.3 Å². The zero-order valence-corrected chi connectivity index (χ0v) is 68.4. The van der Waals surface area contributed by atoms with Crippen LogP contribution < -0.4 is 38.5 Å². The summed E-state index contributed by atoms with van der Waals surface area (Å²) in [6.07, 6.45) is 3.51. The first-order chi connectivity index (χ1) is 55.0. The number of hydrogen-bond donors (Lipinski definition) is 8. The number of hydrogen-bond acceptors (Lipinski definition) is 25. The molecule has 33 heteroatoms. The van der Waals surface area contributed by atoms with Gasteiger partial charge in [0.25, 0.3) is 17.1 Å². The Bertz CT molecular complexity index is 4570. The topological polar surface area (TPSA) is 415 Å². The van der Waals surface area contributed by atoms with E-state index in [0.717, 1.165) is 45.6 Å². The minimum atomic E-state index is -1.09. The predicted molar refractivity (Wildman–Crippen MR) is 452 cm³/mol. The fourth-order valence-electron chi connectivity index (χ4n) is 10.5. The lowest BCUT2D eigenvalue weighted by Crippen LogP contribution is -2.37. The number of nitro groups is 3. The van der Waals surface area contributed by atoms with E-state index in [1.807, 2.05) is 83.9 Å². The van der Waals surface area contributed by atoms with Crippen molar-refractivity contribution in [2.24, 2.45) is 11.5 Å². The highest BCUT2D eigenvalue weighted by molar-refractivity contribution is 8.02. The largest absolute Gasteiger partial charge is 0.480 e. The van der Waals surface area contributed by atoms with E-state index in [1.54, 1.807) is 75.4 Å². The number of methoxy groups -OCH3 is 4. The second-order valence-corrected chi connectivity index (χ2v) is 28.4. The van der Waals surface area contributed by atoms with Crippen molar-refractivity contribution in [3.63, 3.8) is 0 Å². The van der Waals surface area contributed by atoms with Gasteiger partial charge in [-0.25, -0.2) is 0 Å². The quantitative estimate of drug-likeness (QED) is 0.00451. The standard InChI is InChI=1S/C26H26Cl2N2O2S.C11H14N2O4.C11H16N2O2.C10H12N2O4.C9H10N2O4.C8H8S.C7H4Cl2O/c1-29-23(26(31)32-2)14-16-11-12-21-18(13-16)24(33-17-7-4-3-5-8-17)15-22(30-21)25-19(27)9-6-10-20(25)28;1-12-10(11(14)17-2)7-8-3-5-9(6-4-8)13(15)16;1-13-10(11(14)15-2)7-8-3-5-9(12)6-4-8;1-16-10(13)9(11)6-7-2-4-8(5-3-7)12(14)15;10-8(9(12)13)5-6-1-3-7(4-2-6)11(14)15;1-2-9-8-6-4-3-5-7-8;8-6-2-1-3-7(9)5(6)4-10/h3-13,22-24,29-30H,14-15H2,1-2H3;3-6,10,12H,7H2,1-2H3;3-6,10,13H,7,12H2,1-2H3;2-5,9H,6,11H2,1H3;1-4,8H,5,10H2,(H,12,13);2-7H,1H2;1-4H. The molecule has 9 aromatic carbocycles. The number of likely N-dealkylation sites (N-methyl/N-ethyl adjacent to an activating group) is 3. The number of anilines is 2. The van der Waals surface area contributed by atoms with Crippen LogP contribution in [0.3, 0.4) is 0 Å². The SMILES string of the molecule is C=CSc1ccccc1.CNC(Cc1ccc(N)cc1)C(=O)OC.CNC(Cc1ccc([N+](=O)[O-])cc1)C(=O)OC.CNC(Cc1ccc2c(c1)C(Sc1ccccc1)CC(c1c(Cl)cccc1Cl)N2)C(=O)OC.COC(=O)C(N)Cc1ccc([N+](=O)[O-])cc1.NC(Cc1ccc([N+](=O)[O-])cc1)C(=O)O.O=Cc1c(Cl)cccc1Cl. The number of fused-ring (bicyclic) bond motifs is 1. The highest BCUT2D eigenvalue weighted by Gasteiger charge is 2.32. The van der Waals surface area contributed by atoms with Crippen molar-refractivity contribution >= 4 is 134 Å². The molecule has 10 rings (SSSR count). The van der Waals surface area contributed by atoms with E-state index in [-0.39, 0.29) is 64.8 Å². The zero-order chi connectivity index (χ0) is 85.1. The molecule has 115 heavy (non-hydrogen) atoms. The molecule has 7 unspecified atom stereocenters. The molecule has 0 radical (unpaired) electrons. The molecule has 0 spiro atoms. The molecule has 0 fully saturated rings. The summed E-state index contributed by atoms with van der Waals surface area (Å²) in [6.45, 7) is 3.62. The Balaban J connectivity index is 0.000000296. The van der Waals surface area contributed by atoms with Gasteiger partial charge in [0, 0.05) is 78.4 Å². The van der Waals surface area contributed by atoms with E-state index in [4.69, 9.17) is 73.4 Å². The fraction of sp³-hybridized carbons (Fsp3) is 0.244. The number of aldehydes is 1. The molecule has 0 aromatic heterocycles. The number of nitrogens with zero attached hydrogens (tertiary/aromatic N) is 3. The molecule has 1 aliphatic heterocycles. The molecule has 0 bridgehead atoms. The summed E-state index contributed by atoms with van der Waals surface area (Å²) < 4.78 is 18.7. The van der Waals surface area contributed by atoms with Crippen LogP contribution in [0.25, 0.3) is 0 Å². The maximum Gasteiger partial charge on any atom is 0.323 e. The number of nitrogen functional groups attached to an aromatic ring is 1. The summed E-state index contributed by atoms with van der Waals surface area (Å²) in [5, 5.41) is 56.3. The number of nitrogens with one attached hydrogen (secondary N) is 4. The maximum absolute atomic E-state index is 12.1. The van der Waals surface area contributed by atoms with Crippen molar-refractivity contribution < 1.29 is 67.6 Å². The van der Waals surface area contributed by atoms with Crippen molar-refractivity contribution in [2.45, 2.75) is 89.8 Å². The number of carbonyl (C=O) groups is 6. The van der Waals surface area contributed by atoms with Gasteiger partial charge >= 0.3 is 29.8 Å². The van der Waals surface area contributed by atoms with E-state index in [2.05, 4.69) is 96.7 Å².